The number of methoxy groups -OCH3 is 1. The van der Waals surface area contributed by atoms with Crippen LogP contribution in [-0.4, -0.2) is 17.1 Å². The van der Waals surface area contributed by atoms with Gasteiger partial charge in [-0.15, -0.1) is 0 Å². The Kier molecular flexibility index (Phi) is 2.40. The van der Waals surface area contributed by atoms with Crippen molar-refractivity contribution >= 4 is 0 Å². The van der Waals surface area contributed by atoms with Gasteiger partial charge in [-0.1, -0.05) is 0 Å². The molecule has 0 spiro atoms. The van der Waals surface area contributed by atoms with Crippen molar-refractivity contribution in [3.8, 4) is 17.0 Å². The summed E-state index contributed by atoms with van der Waals surface area (Å²) in [6.45, 7) is 0. The minimum atomic E-state index is 0.638. The van der Waals surface area contributed by atoms with Crippen LogP contribution in [0.1, 0.15) is 0 Å². The predicted octanol–water partition coefficient (Wildman–Crippen LogP) is 2.15. The summed E-state index contributed by atoms with van der Waals surface area (Å²) in [5, 5.41) is 0. The van der Waals surface area contributed by atoms with Crippen molar-refractivity contribution in [1.29, 1.82) is 0 Å². The van der Waals surface area contributed by atoms with E-state index in [0.717, 1.165) is 11.1 Å². The Bertz CT molecular complexity index is 415. The Labute approximate surface area is 82.4 Å². The molecule has 2 heterocycles. The summed E-state index contributed by atoms with van der Waals surface area (Å²) in [5.74, 6) is 0.638. The van der Waals surface area contributed by atoms with Crippen molar-refractivity contribution in [3.05, 3.63) is 42.9 Å². The van der Waals surface area contributed by atoms with Gasteiger partial charge in [0.1, 0.15) is 0 Å². The highest BCUT2D eigenvalue weighted by molar-refractivity contribution is 5.67. The summed E-state index contributed by atoms with van der Waals surface area (Å²) >= 11 is 0. The van der Waals surface area contributed by atoms with Crippen LogP contribution in [0.15, 0.2) is 42.9 Å². The fourth-order valence-electron chi connectivity index (χ4n) is 1.30. The number of hydrogen-bond donors (Lipinski definition) is 0. The molecule has 2 aromatic rings. The summed E-state index contributed by atoms with van der Waals surface area (Å²) in [7, 11) is 1.62. The Morgan fingerprint density at radius 1 is 1.07 bits per heavy atom. The molecule has 0 aliphatic rings. The number of aromatic nitrogens is 2. The molecule has 3 nitrogen and oxygen atoms in total. The first-order valence-corrected chi connectivity index (χ1v) is 4.31. The molecule has 2 aromatic heterocycles. The number of ether oxygens (including phenoxy) is 1. The van der Waals surface area contributed by atoms with Crippen LogP contribution in [0.3, 0.4) is 0 Å². The molecule has 70 valence electrons. The largest absolute Gasteiger partial charge is 0.481 e. The smallest absolute Gasteiger partial charge is 0.221 e. The van der Waals surface area contributed by atoms with Gasteiger partial charge in [0.15, 0.2) is 0 Å². The van der Waals surface area contributed by atoms with Gasteiger partial charge in [0.2, 0.25) is 5.88 Å². The molecular formula is C11H10N2O. The normalized spacial score (nSPS) is 9.79. The van der Waals surface area contributed by atoms with Gasteiger partial charge in [-0.3, -0.25) is 4.98 Å². The SMILES string of the molecule is COc1ncccc1-c1ccncc1. The molecule has 0 unspecified atom stereocenters. The van der Waals surface area contributed by atoms with Crippen LogP contribution in [-0.2, 0) is 0 Å². The zero-order chi connectivity index (χ0) is 9.80. The molecule has 0 radical (unpaired) electrons. The molecule has 0 aliphatic carbocycles. The summed E-state index contributed by atoms with van der Waals surface area (Å²) in [4.78, 5) is 8.10. The highest BCUT2D eigenvalue weighted by atomic mass is 16.5. The van der Waals surface area contributed by atoms with Crippen molar-refractivity contribution in [2.75, 3.05) is 7.11 Å². The lowest BCUT2D eigenvalue weighted by Gasteiger charge is -2.05. The van der Waals surface area contributed by atoms with Crippen LogP contribution in [0.5, 0.6) is 5.88 Å². The van der Waals surface area contributed by atoms with Crippen LogP contribution in [0.4, 0.5) is 0 Å². The Morgan fingerprint density at radius 2 is 1.86 bits per heavy atom. The molecule has 0 atom stereocenters. The lowest BCUT2D eigenvalue weighted by molar-refractivity contribution is 0.399. The molecule has 3 heteroatoms. The fraction of sp³-hybridized carbons (Fsp3) is 0.0909. The van der Waals surface area contributed by atoms with Gasteiger partial charge >= 0.3 is 0 Å². The minimum absolute atomic E-state index is 0.638. The maximum Gasteiger partial charge on any atom is 0.221 e. The van der Waals surface area contributed by atoms with Crippen molar-refractivity contribution in [2.24, 2.45) is 0 Å². The molecular weight excluding hydrogens is 176 g/mol. The third-order valence-electron chi connectivity index (χ3n) is 1.96. The van der Waals surface area contributed by atoms with E-state index in [1.807, 2.05) is 24.3 Å². The predicted molar refractivity (Wildman–Crippen MR) is 54.0 cm³/mol. The minimum Gasteiger partial charge on any atom is -0.481 e. The first-order valence-electron chi connectivity index (χ1n) is 4.31. The van der Waals surface area contributed by atoms with Gasteiger partial charge in [0, 0.05) is 24.2 Å². The van der Waals surface area contributed by atoms with Gasteiger partial charge in [-0.05, 0) is 29.8 Å². The standard InChI is InChI=1S/C11H10N2O/c1-14-11-10(3-2-6-13-11)9-4-7-12-8-5-9/h2-8H,1H3. The lowest BCUT2D eigenvalue weighted by Crippen LogP contribution is -1.90. The van der Waals surface area contributed by atoms with Crippen molar-refractivity contribution in [2.45, 2.75) is 0 Å². The Morgan fingerprint density at radius 3 is 2.57 bits per heavy atom. The van der Waals surface area contributed by atoms with Crippen LogP contribution in [0.2, 0.25) is 0 Å². The van der Waals surface area contributed by atoms with Gasteiger partial charge in [0.25, 0.3) is 0 Å². The lowest BCUT2D eigenvalue weighted by atomic mass is 10.1. The third-order valence-corrected chi connectivity index (χ3v) is 1.96. The summed E-state index contributed by atoms with van der Waals surface area (Å²) in [6, 6.07) is 7.72. The van der Waals surface area contributed by atoms with Crippen LogP contribution >= 0.6 is 0 Å². The van der Waals surface area contributed by atoms with Gasteiger partial charge in [-0.25, -0.2) is 4.98 Å². The molecule has 0 saturated carbocycles. The van der Waals surface area contributed by atoms with Crippen molar-refractivity contribution in [3.63, 3.8) is 0 Å². The average Bonchev–Trinajstić information content (AvgIpc) is 2.30. The number of hydrogen-bond acceptors (Lipinski definition) is 3. The Balaban J connectivity index is 2.51. The maximum atomic E-state index is 5.17. The van der Waals surface area contributed by atoms with Gasteiger partial charge in [0.05, 0.1) is 7.11 Å². The van der Waals surface area contributed by atoms with Crippen LogP contribution < -0.4 is 4.74 Å². The quantitative estimate of drug-likeness (QED) is 0.720. The fourth-order valence-corrected chi connectivity index (χ4v) is 1.30. The number of pyridine rings is 2. The zero-order valence-electron chi connectivity index (χ0n) is 7.84. The van der Waals surface area contributed by atoms with Crippen LogP contribution in [0.25, 0.3) is 11.1 Å². The van der Waals surface area contributed by atoms with E-state index >= 15 is 0 Å². The highest BCUT2D eigenvalue weighted by Crippen LogP contribution is 2.26. The second-order valence-corrected chi connectivity index (χ2v) is 2.80. The molecule has 0 saturated heterocycles. The van der Waals surface area contributed by atoms with E-state index in [-0.39, 0.29) is 0 Å². The molecule has 0 aromatic carbocycles. The number of nitrogens with zero attached hydrogens (tertiary/aromatic N) is 2. The second-order valence-electron chi connectivity index (χ2n) is 2.80. The highest BCUT2D eigenvalue weighted by Gasteiger charge is 2.04. The van der Waals surface area contributed by atoms with E-state index in [4.69, 9.17) is 4.74 Å². The monoisotopic (exact) mass is 186 g/mol. The molecule has 0 amide bonds. The van der Waals surface area contributed by atoms with Crippen molar-refractivity contribution < 1.29 is 4.74 Å². The molecule has 14 heavy (non-hydrogen) atoms. The Hall–Kier alpha value is -1.90. The van der Waals surface area contributed by atoms with Crippen molar-refractivity contribution in [1.82, 2.24) is 9.97 Å². The topological polar surface area (TPSA) is 35.0 Å². The van der Waals surface area contributed by atoms with E-state index < -0.39 is 0 Å². The molecule has 2 rings (SSSR count). The number of rotatable bonds is 2. The second kappa shape index (κ2) is 3.87. The third kappa shape index (κ3) is 1.57. The average molecular weight is 186 g/mol. The summed E-state index contributed by atoms with van der Waals surface area (Å²) in [6.07, 6.45) is 5.22. The molecule has 0 fully saturated rings. The first-order chi connectivity index (χ1) is 6.92. The molecule has 0 aliphatic heterocycles. The van der Waals surface area contributed by atoms with E-state index in [1.54, 1.807) is 25.7 Å². The molecule has 0 bridgehead atoms. The van der Waals surface area contributed by atoms with Gasteiger partial charge in [-0.2, -0.15) is 0 Å². The first kappa shape index (κ1) is 8.69. The van der Waals surface area contributed by atoms with E-state index in [9.17, 15) is 0 Å². The van der Waals surface area contributed by atoms with Crippen LogP contribution in [0, 0.1) is 0 Å². The zero-order valence-corrected chi connectivity index (χ0v) is 7.84. The summed E-state index contributed by atoms with van der Waals surface area (Å²) < 4.78 is 5.17. The van der Waals surface area contributed by atoms with E-state index in [0.29, 0.717) is 5.88 Å². The van der Waals surface area contributed by atoms with E-state index in [1.165, 1.54) is 0 Å². The van der Waals surface area contributed by atoms with E-state index in [2.05, 4.69) is 9.97 Å². The maximum absolute atomic E-state index is 5.17. The van der Waals surface area contributed by atoms with Gasteiger partial charge < -0.3 is 4.74 Å². The molecule has 0 N–H and O–H groups in total. The summed E-state index contributed by atoms with van der Waals surface area (Å²) in [5.41, 5.74) is 2.04.